The van der Waals surface area contributed by atoms with Crippen molar-refractivity contribution in [2.75, 3.05) is 7.11 Å². The molecule has 1 unspecified atom stereocenters. The van der Waals surface area contributed by atoms with E-state index < -0.39 is 12.0 Å². The van der Waals surface area contributed by atoms with E-state index in [0.717, 1.165) is 0 Å². The number of nitrogens with zero attached hydrogens (tertiary/aromatic N) is 1. The summed E-state index contributed by atoms with van der Waals surface area (Å²) >= 11 is 0. The molecule has 1 atom stereocenters. The van der Waals surface area contributed by atoms with Gasteiger partial charge in [0, 0.05) is 0 Å². The number of ether oxygens (including phenoxy) is 1. The van der Waals surface area contributed by atoms with Gasteiger partial charge in [0.05, 0.1) is 25.3 Å². The number of hydrogen-bond donors (Lipinski definition) is 2. The van der Waals surface area contributed by atoms with E-state index in [4.69, 9.17) is 5.73 Å². The lowest BCUT2D eigenvalue weighted by Gasteiger charge is -2.04. The molecule has 0 amide bonds. The third-order valence-corrected chi connectivity index (χ3v) is 1.31. The fourth-order valence-corrected chi connectivity index (χ4v) is 0.691. The molecule has 1 aromatic heterocycles. The smallest absolute Gasteiger partial charge is 0.328 e. The molecular formula is C6H9N3O2. The Labute approximate surface area is 63.6 Å². The van der Waals surface area contributed by atoms with Crippen LogP contribution >= 0.6 is 0 Å². The summed E-state index contributed by atoms with van der Waals surface area (Å²) in [6.45, 7) is 0. The molecule has 0 radical (unpaired) electrons. The highest BCUT2D eigenvalue weighted by molar-refractivity contribution is 5.76. The van der Waals surface area contributed by atoms with Gasteiger partial charge in [-0.1, -0.05) is 0 Å². The van der Waals surface area contributed by atoms with E-state index >= 15 is 0 Å². The van der Waals surface area contributed by atoms with Crippen molar-refractivity contribution >= 4 is 5.97 Å². The Morgan fingerprint density at radius 3 is 3.09 bits per heavy atom. The minimum absolute atomic E-state index is 0.478. The quantitative estimate of drug-likeness (QED) is 0.568. The molecule has 5 nitrogen and oxygen atoms in total. The number of carbonyl (C=O) groups excluding carboxylic acids is 1. The molecule has 5 heteroatoms. The van der Waals surface area contributed by atoms with Gasteiger partial charge in [0.25, 0.3) is 0 Å². The summed E-state index contributed by atoms with van der Waals surface area (Å²) in [6.07, 6.45) is 2.94. The third kappa shape index (κ3) is 1.56. The molecule has 0 aliphatic heterocycles. The van der Waals surface area contributed by atoms with Gasteiger partial charge in [-0.3, -0.25) is 0 Å². The molecule has 3 N–H and O–H groups in total. The molecule has 1 heterocycles. The van der Waals surface area contributed by atoms with E-state index in [1.54, 1.807) is 0 Å². The maximum absolute atomic E-state index is 10.8. The minimum Gasteiger partial charge on any atom is -0.468 e. The van der Waals surface area contributed by atoms with Gasteiger partial charge in [-0.2, -0.15) is 0 Å². The number of methoxy groups -OCH3 is 1. The second-order valence-corrected chi connectivity index (χ2v) is 2.01. The Hall–Kier alpha value is -1.36. The normalized spacial score (nSPS) is 12.5. The van der Waals surface area contributed by atoms with E-state index in [9.17, 15) is 4.79 Å². The number of imidazole rings is 1. The number of aromatic amines is 1. The van der Waals surface area contributed by atoms with Crippen molar-refractivity contribution < 1.29 is 9.53 Å². The molecular weight excluding hydrogens is 146 g/mol. The van der Waals surface area contributed by atoms with E-state index in [0.29, 0.717) is 5.69 Å². The van der Waals surface area contributed by atoms with Crippen LogP contribution in [0.3, 0.4) is 0 Å². The van der Waals surface area contributed by atoms with Gasteiger partial charge in [-0.15, -0.1) is 0 Å². The van der Waals surface area contributed by atoms with Gasteiger partial charge in [0.15, 0.2) is 0 Å². The molecule has 0 saturated carbocycles. The lowest BCUT2D eigenvalue weighted by Crippen LogP contribution is -2.22. The van der Waals surface area contributed by atoms with Crippen LogP contribution in [0.2, 0.25) is 0 Å². The van der Waals surface area contributed by atoms with E-state index in [-0.39, 0.29) is 0 Å². The number of carbonyl (C=O) groups is 1. The lowest BCUT2D eigenvalue weighted by molar-refractivity contribution is -0.142. The van der Waals surface area contributed by atoms with Gasteiger partial charge in [-0.25, -0.2) is 9.78 Å². The highest BCUT2D eigenvalue weighted by atomic mass is 16.5. The monoisotopic (exact) mass is 155 g/mol. The first kappa shape index (κ1) is 7.74. The van der Waals surface area contributed by atoms with Crippen molar-refractivity contribution in [1.82, 2.24) is 9.97 Å². The van der Waals surface area contributed by atoms with Crippen molar-refractivity contribution in [1.29, 1.82) is 0 Å². The molecule has 0 saturated heterocycles. The molecule has 1 aromatic rings. The molecule has 0 aromatic carbocycles. The summed E-state index contributed by atoms with van der Waals surface area (Å²) in [5.41, 5.74) is 6.00. The average molecular weight is 155 g/mol. The van der Waals surface area contributed by atoms with Crippen LogP contribution < -0.4 is 5.73 Å². The number of nitrogens with two attached hydrogens (primary N) is 1. The van der Waals surface area contributed by atoms with Crippen LogP contribution in [-0.4, -0.2) is 23.0 Å². The number of esters is 1. The van der Waals surface area contributed by atoms with Gasteiger partial charge >= 0.3 is 5.97 Å². The largest absolute Gasteiger partial charge is 0.468 e. The molecule has 1 rings (SSSR count). The van der Waals surface area contributed by atoms with Crippen molar-refractivity contribution in [2.24, 2.45) is 5.73 Å². The van der Waals surface area contributed by atoms with E-state index in [1.807, 2.05) is 0 Å². The van der Waals surface area contributed by atoms with Crippen LogP contribution in [0, 0.1) is 0 Å². The Balaban J connectivity index is 2.70. The lowest BCUT2D eigenvalue weighted by atomic mass is 10.2. The topological polar surface area (TPSA) is 81.0 Å². The molecule has 0 spiro atoms. The first-order valence-electron chi connectivity index (χ1n) is 3.07. The summed E-state index contributed by atoms with van der Waals surface area (Å²) in [6, 6.07) is -0.762. The SMILES string of the molecule is COC(=O)C(N)c1cnc[nH]1. The van der Waals surface area contributed by atoms with Crippen molar-refractivity contribution in [3.63, 3.8) is 0 Å². The zero-order valence-electron chi connectivity index (χ0n) is 6.07. The number of hydrogen-bond acceptors (Lipinski definition) is 4. The zero-order valence-corrected chi connectivity index (χ0v) is 6.07. The van der Waals surface area contributed by atoms with Crippen LogP contribution in [0.4, 0.5) is 0 Å². The minimum atomic E-state index is -0.762. The Morgan fingerprint density at radius 1 is 1.91 bits per heavy atom. The van der Waals surface area contributed by atoms with E-state index in [1.165, 1.54) is 19.6 Å². The molecule has 11 heavy (non-hydrogen) atoms. The molecule has 0 aliphatic carbocycles. The van der Waals surface area contributed by atoms with Gasteiger partial charge in [0.1, 0.15) is 6.04 Å². The van der Waals surface area contributed by atoms with Crippen molar-refractivity contribution in [3.05, 3.63) is 18.2 Å². The maximum Gasteiger partial charge on any atom is 0.328 e. The number of nitrogens with one attached hydrogen (secondary N) is 1. The van der Waals surface area contributed by atoms with Crippen LogP contribution in [0.15, 0.2) is 12.5 Å². The first-order chi connectivity index (χ1) is 5.25. The second kappa shape index (κ2) is 3.16. The second-order valence-electron chi connectivity index (χ2n) is 2.01. The molecule has 0 bridgehead atoms. The highest BCUT2D eigenvalue weighted by Gasteiger charge is 2.16. The highest BCUT2D eigenvalue weighted by Crippen LogP contribution is 2.05. The number of H-pyrrole nitrogens is 1. The van der Waals surface area contributed by atoms with Crippen LogP contribution in [0.25, 0.3) is 0 Å². The van der Waals surface area contributed by atoms with Crippen LogP contribution in [-0.2, 0) is 9.53 Å². The number of rotatable bonds is 2. The Morgan fingerprint density at radius 2 is 2.64 bits per heavy atom. The number of aromatic nitrogens is 2. The van der Waals surface area contributed by atoms with Gasteiger partial charge in [-0.05, 0) is 0 Å². The van der Waals surface area contributed by atoms with Crippen molar-refractivity contribution in [3.8, 4) is 0 Å². The standard InChI is InChI=1S/C6H9N3O2/c1-11-6(10)5(7)4-2-8-3-9-4/h2-3,5H,7H2,1H3,(H,8,9). The predicted octanol–water partition coefficient (Wildman–Crippen LogP) is -0.418. The summed E-state index contributed by atoms with van der Waals surface area (Å²) in [4.78, 5) is 17.2. The average Bonchev–Trinajstić information content (AvgIpc) is 2.53. The van der Waals surface area contributed by atoms with Crippen molar-refractivity contribution in [2.45, 2.75) is 6.04 Å². The van der Waals surface area contributed by atoms with Gasteiger partial charge in [0.2, 0.25) is 0 Å². The Kier molecular flexibility index (Phi) is 2.22. The molecule has 60 valence electrons. The van der Waals surface area contributed by atoms with Crippen LogP contribution in [0.1, 0.15) is 11.7 Å². The Bertz CT molecular complexity index is 232. The maximum atomic E-state index is 10.8. The summed E-state index contributed by atoms with van der Waals surface area (Å²) < 4.78 is 4.42. The summed E-state index contributed by atoms with van der Waals surface area (Å²) in [5.74, 6) is -0.478. The summed E-state index contributed by atoms with van der Waals surface area (Å²) in [7, 11) is 1.29. The van der Waals surface area contributed by atoms with E-state index in [2.05, 4.69) is 14.7 Å². The first-order valence-corrected chi connectivity index (χ1v) is 3.07. The predicted molar refractivity (Wildman–Crippen MR) is 37.5 cm³/mol. The molecule has 0 fully saturated rings. The molecule has 0 aliphatic rings. The fourth-order valence-electron chi connectivity index (χ4n) is 0.691. The zero-order chi connectivity index (χ0) is 8.27. The van der Waals surface area contributed by atoms with Crippen LogP contribution in [0.5, 0.6) is 0 Å². The van der Waals surface area contributed by atoms with Gasteiger partial charge < -0.3 is 15.5 Å². The third-order valence-electron chi connectivity index (χ3n) is 1.31. The fraction of sp³-hybridized carbons (Fsp3) is 0.333. The summed E-state index contributed by atoms with van der Waals surface area (Å²) in [5, 5.41) is 0.